The molecule has 0 fully saturated rings. The summed E-state index contributed by atoms with van der Waals surface area (Å²) in [6.07, 6.45) is 1.33. The molecule has 6 heteroatoms. The van der Waals surface area contributed by atoms with Crippen LogP contribution in [0.25, 0.3) is 0 Å². The summed E-state index contributed by atoms with van der Waals surface area (Å²) in [5, 5.41) is 3.63. The molecule has 168 valence electrons. The zero-order valence-corrected chi connectivity index (χ0v) is 19.8. The van der Waals surface area contributed by atoms with Crippen molar-refractivity contribution in [2.45, 2.75) is 66.1 Å². The van der Waals surface area contributed by atoms with Gasteiger partial charge >= 0.3 is 0 Å². The molecule has 2 aromatic rings. The number of ether oxygens (including phenoxy) is 1. The van der Waals surface area contributed by atoms with Crippen LogP contribution in [0.4, 0.5) is 0 Å². The lowest BCUT2D eigenvalue weighted by Gasteiger charge is -2.31. The monoisotopic (exact) mass is 444 g/mol. The second-order valence-corrected chi connectivity index (χ2v) is 8.36. The molecule has 0 aliphatic rings. The van der Waals surface area contributed by atoms with E-state index < -0.39 is 6.04 Å². The van der Waals surface area contributed by atoms with Gasteiger partial charge in [-0.25, -0.2) is 0 Å². The molecule has 0 bridgehead atoms. The highest BCUT2D eigenvalue weighted by atomic mass is 35.5. The van der Waals surface area contributed by atoms with Crippen LogP contribution in [0.1, 0.15) is 50.3 Å². The first-order chi connectivity index (χ1) is 14.7. The van der Waals surface area contributed by atoms with E-state index in [1.165, 1.54) is 0 Å². The van der Waals surface area contributed by atoms with Gasteiger partial charge in [-0.05, 0) is 74.6 Å². The van der Waals surface area contributed by atoms with Crippen molar-refractivity contribution in [3.8, 4) is 5.75 Å². The van der Waals surface area contributed by atoms with Crippen molar-refractivity contribution in [1.29, 1.82) is 0 Å². The number of amides is 2. The SMILES string of the molecule is CC[C@H](C(=O)N[C@@H](C)CC)N(Cc1ccc(Cl)cc1)C(=O)COc1ccc(C)c(C)c1. The summed E-state index contributed by atoms with van der Waals surface area (Å²) < 4.78 is 5.77. The number of nitrogens with one attached hydrogen (secondary N) is 1. The number of hydrogen-bond acceptors (Lipinski definition) is 3. The highest BCUT2D eigenvalue weighted by Gasteiger charge is 2.29. The first kappa shape index (κ1) is 24.7. The molecule has 2 amide bonds. The first-order valence-electron chi connectivity index (χ1n) is 10.8. The van der Waals surface area contributed by atoms with Crippen LogP contribution in [0.5, 0.6) is 5.75 Å². The normalized spacial score (nSPS) is 12.7. The molecule has 0 aliphatic carbocycles. The van der Waals surface area contributed by atoms with E-state index in [4.69, 9.17) is 16.3 Å². The summed E-state index contributed by atoms with van der Waals surface area (Å²) in [6, 6.07) is 12.5. The molecule has 0 aliphatic heterocycles. The predicted octanol–water partition coefficient (Wildman–Crippen LogP) is 5.06. The molecule has 0 radical (unpaired) electrons. The minimum Gasteiger partial charge on any atom is -0.484 e. The van der Waals surface area contributed by atoms with Crippen LogP contribution in [0.15, 0.2) is 42.5 Å². The lowest BCUT2D eigenvalue weighted by atomic mass is 10.1. The van der Waals surface area contributed by atoms with E-state index in [2.05, 4.69) is 5.32 Å². The van der Waals surface area contributed by atoms with Crippen LogP contribution in [0, 0.1) is 13.8 Å². The third-order valence-corrected chi connectivity index (χ3v) is 5.75. The van der Waals surface area contributed by atoms with Crippen molar-refractivity contribution in [3.63, 3.8) is 0 Å². The van der Waals surface area contributed by atoms with Gasteiger partial charge in [0, 0.05) is 17.6 Å². The van der Waals surface area contributed by atoms with Gasteiger partial charge in [0.2, 0.25) is 5.91 Å². The van der Waals surface area contributed by atoms with Crippen LogP contribution < -0.4 is 10.1 Å². The van der Waals surface area contributed by atoms with E-state index >= 15 is 0 Å². The number of carbonyl (C=O) groups excluding carboxylic acids is 2. The predicted molar refractivity (Wildman–Crippen MR) is 125 cm³/mol. The van der Waals surface area contributed by atoms with E-state index in [1.54, 1.807) is 17.0 Å². The summed E-state index contributed by atoms with van der Waals surface area (Å²) in [6.45, 7) is 10.1. The Kier molecular flexibility index (Phi) is 9.38. The molecule has 31 heavy (non-hydrogen) atoms. The van der Waals surface area contributed by atoms with Crippen LogP contribution >= 0.6 is 11.6 Å². The molecule has 2 aromatic carbocycles. The Morgan fingerprint density at radius 3 is 2.29 bits per heavy atom. The smallest absolute Gasteiger partial charge is 0.261 e. The van der Waals surface area contributed by atoms with Crippen LogP contribution in [-0.2, 0) is 16.1 Å². The Hall–Kier alpha value is -2.53. The molecular formula is C25H33ClN2O3. The fourth-order valence-electron chi connectivity index (χ4n) is 3.18. The van der Waals surface area contributed by atoms with Crippen LogP contribution in [0.2, 0.25) is 5.02 Å². The van der Waals surface area contributed by atoms with Crippen molar-refractivity contribution < 1.29 is 14.3 Å². The van der Waals surface area contributed by atoms with Gasteiger partial charge in [-0.1, -0.05) is 43.6 Å². The Morgan fingerprint density at radius 1 is 1.03 bits per heavy atom. The van der Waals surface area contributed by atoms with E-state index in [-0.39, 0.29) is 24.5 Å². The van der Waals surface area contributed by atoms with Gasteiger partial charge < -0.3 is 15.0 Å². The van der Waals surface area contributed by atoms with Crippen LogP contribution in [0.3, 0.4) is 0 Å². The Labute approximate surface area is 190 Å². The Bertz CT molecular complexity index is 883. The zero-order chi connectivity index (χ0) is 23.0. The molecular weight excluding hydrogens is 412 g/mol. The second kappa shape index (κ2) is 11.8. The summed E-state index contributed by atoms with van der Waals surface area (Å²) in [7, 11) is 0. The minimum absolute atomic E-state index is 0.0424. The minimum atomic E-state index is -0.583. The maximum atomic E-state index is 13.2. The molecule has 1 N–H and O–H groups in total. The lowest BCUT2D eigenvalue weighted by Crippen LogP contribution is -2.51. The maximum absolute atomic E-state index is 13.2. The van der Waals surface area contributed by atoms with E-state index in [1.807, 2.05) is 65.0 Å². The molecule has 0 saturated heterocycles. The summed E-state index contributed by atoms with van der Waals surface area (Å²) >= 11 is 6.00. The fraction of sp³-hybridized carbons (Fsp3) is 0.440. The molecule has 5 nitrogen and oxygen atoms in total. The Morgan fingerprint density at radius 2 is 1.71 bits per heavy atom. The van der Waals surface area contributed by atoms with E-state index in [0.29, 0.717) is 23.7 Å². The number of nitrogens with zero attached hydrogens (tertiary/aromatic N) is 1. The van der Waals surface area contributed by atoms with Crippen molar-refractivity contribution in [2.75, 3.05) is 6.61 Å². The lowest BCUT2D eigenvalue weighted by molar-refractivity contribution is -0.143. The number of hydrogen-bond donors (Lipinski definition) is 1. The topological polar surface area (TPSA) is 58.6 Å². The average Bonchev–Trinajstić information content (AvgIpc) is 2.75. The third-order valence-electron chi connectivity index (χ3n) is 5.49. The molecule has 2 atom stereocenters. The Balaban J connectivity index is 2.21. The van der Waals surface area contributed by atoms with Crippen molar-refractivity contribution in [1.82, 2.24) is 10.2 Å². The van der Waals surface area contributed by atoms with Crippen molar-refractivity contribution in [3.05, 3.63) is 64.2 Å². The number of carbonyl (C=O) groups is 2. The summed E-state index contributed by atoms with van der Waals surface area (Å²) in [4.78, 5) is 27.7. The van der Waals surface area contributed by atoms with Gasteiger partial charge in [0.25, 0.3) is 5.91 Å². The summed E-state index contributed by atoms with van der Waals surface area (Å²) in [5.74, 6) is 0.254. The standard InChI is InChI=1S/C25H33ClN2O3/c1-6-19(5)27-25(30)23(7-2)28(15-20-9-11-21(26)12-10-20)24(29)16-31-22-13-8-17(3)18(4)14-22/h8-14,19,23H,6-7,15-16H2,1-5H3,(H,27,30)/t19-,23+/m0/s1. The van der Waals surface area contributed by atoms with Gasteiger partial charge in [-0.3, -0.25) is 9.59 Å². The number of benzene rings is 2. The number of halogens is 1. The van der Waals surface area contributed by atoms with E-state index in [9.17, 15) is 9.59 Å². The average molecular weight is 445 g/mol. The van der Waals surface area contributed by atoms with Gasteiger partial charge in [-0.2, -0.15) is 0 Å². The van der Waals surface area contributed by atoms with Gasteiger partial charge in [0.1, 0.15) is 11.8 Å². The van der Waals surface area contributed by atoms with E-state index in [0.717, 1.165) is 23.1 Å². The largest absolute Gasteiger partial charge is 0.484 e. The maximum Gasteiger partial charge on any atom is 0.261 e. The second-order valence-electron chi connectivity index (χ2n) is 7.92. The molecule has 0 unspecified atom stereocenters. The van der Waals surface area contributed by atoms with Gasteiger partial charge in [0.15, 0.2) is 6.61 Å². The summed E-state index contributed by atoms with van der Waals surface area (Å²) in [5.41, 5.74) is 3.16. The zero-order valence-electron chi connectivity index (χ0n) is 19.1. The van der Waals surface area contributed by atoms with Crippen molar-refractivity contribution >= 4 is 23.4 Å². The number of rotatable bonds is 10. The quantitative estimate of drug-likeness (QED) is 0.557. The molecule has 0 saturated carbocycles. The molecule has 0 heterocycles. The fourth-order valence-corrected chi connectivity index (χ4v) is 3.30. The number of aryl methyl sites for hydroxylation is 2. The van der Waals surface area contributed by atoms with Crippen LogP contribution in [-0.4, -0.2) is 35.4 Å². The molecule has 0 spiro atoms. The highest BCUT2D eigenvalue weighted by molar-refractivity contribution is 6.30. The highest BCUT2D eigenvalue weighted by Crippen LogP contribution is 2.18. The van der Waals surface area contributed by atoms with Crippen molar-refractivity contribution in [2.24, 2.45) is 0 Å². The molecule has 2 rings (SSSR count). The molecule has 0 aromatic heterocycles. The van der Waals surface area contributed by atoms with Gasteiger partial charge in [0.05, 0.1) is 0 Å². The van der Waals surface area contributed by atoms with Gasteiger partial charge in [-0.15, -0.1) is 0 Å². The first-order valence-corrected chi connectivity index (χ1v) is 11.2. The third kappa shape index (κ3) is 7.28.